The molecule has 0 radical (unpaired) electrons. The molecule has 0 fully saturated rings. The summed E-state index contributed by atoms with van der Waals surface area (Å²) in [6.45, 7) is 4.14. The Bertz CT molecular complexity index is 874. The maximum Gasteiger partial charge on any atom is 0.268 e. The van der Waals surface area contributed by atoms with Gasteiger partial charge >= 0.3 is 0 Å². The first-order chi connectivity index (χ1) is 12.5. The fraction of sp³-hybridized carbons (Fsp3) is 0.238. The highest BCUT2D eigenvalue weighted by atomic mass is 32.2. The summed E-state index contributed by atoms with van der Waals surface area (Å²) in [4.78, 5) is 27.8. The van der Waals surface area contributed by atoms with Crippen LogP contribution in [0.5, 0.6) is 0 Å². The number of rotatable bonds is 6. The number of aliphatic hydroxyl groups excluding tert-OH is 1. The zero-order chi connectivity index (χ0) is 18.7. The first kappa shape index (κ1) is 18.4. The van der Waals surface area contributed by atoms with Gasteiger partial charge in [0.05, 0.1) is 23.6 Å². The topological polar surface area (TPSA) is 57.6 Å². The van der Waals surface area contributed by atoms with Crippen molar-refractivity contribution in [2.24, 2.45) is 0 Å². The molecule has 5 heteroatoms. The van der Waals surface area contributed by atoms with Crippen molar-refractivity contribution >= 4 is 29.1 Å². The molecule has 2 aromatic rings. The second-order valence-corrected chi connectivity index (χ2v) is 7.38. The Labute approximate surface area is 157 Å². The highest BCUT2D eigenvalue weighted by Crippen LogP contribution is 2.37. The zero-order valence-corrected chi connectivity index (χ0v) is 15.7. The summed E-state index contributed by atoms with van der Waals surface area (Å²) in [6, 6.07) is 15.3. The molecule has 0 aromatic heterocycles. The lowest BCUT2D eigenvalue weighted by Crippen LogP contribution is -2.31. The van der Waals surface area contributed by atoms with Gasteiger partial charge in [-0.3, -0.25) is 14.5 Å². The lowest BCUT2D eigenvalue weighted by atomic mass is 9.99. The molecule has 0 atom stereocenters. The summed E-state index contributed by atoms with van der Waals surface area (Å²) in [5.74, 6) is -0.180. The van der Waals surface area contributed by atoms with E-state index in [0.717, 1.165) is 22.3 Å². The molecule has 0 unspecified atom stereocenters. The summed E-state index contributed by atoms with van der Waals surface area (Å²) >= 11 is 1.24. The Morgan fingerprint density at radius 3 is 2.38 bits per heavy atom. The van der Waals surface area contributed by atoms with Gasteiger partial charge in [0, 0.05) is 5.75 Å². The van der Waals surface area contributed by atoms with E-state index in [9.17, 15) is 14.7 Å². The van der Waals surface area contributed by atoms with Crippen LogP contribution in [0.3, 0.4) is 0 Å². The smallest absolute Gasteiger partial charge is 0.268 e. The Morgan fingerprint density at radius 2 is 1.73 bits per heavy atom. The number of imide groups is 1. The van der Waals surface area contributed by atoms with E-state index in [2.05, 4.69) is 0 Å². The number of thioether (sulfide) groups is 1. The van der Waals surface area contributed by atoms with Crippen molar-refractivity contribution in [3.8, 4) is 0 Å². The van der Waals surface area contributed by atoms with Crippen LogP contribution in [0.1, 0.15) is 22.3 Å². The van der Waals surface area contributed by atoms with Crippen LogP contribution < -0.4 is 0 Å². The van der Waals surface area contributed by atoms with Gasteiger partial charge in [-0.1, -0.05) is 54.1 Å². The number of aliphatic hydroxyl groups is 1. The fourth-order valence-corrected chi connectivity index (χ4v) is 3.95. The number of aryl methyl sites for hydroxylation is 2. The number of nitrogens with zero attached hydrogens (tertiary/aromatic N) is 1. The SMILES string of the molecule is Cc1ccc(C2=C(SCCO)C(=O)N(Cc3ccccc3)C2=O)c(C)c1. The second-order valence-electron chi connectivity index (χ2n) is 6.28. The van der Waals surface area contributed by atoms with Gasteiger partial charge < -0.3 is 5.11 Å². The molecule has 0 saturated heterocycles. The quantitative estimate of drug-likeness (QED) is 0.796. The third kappa shape index (κ3) is 3.59. The largest absolute Gasteiger partial charge is 0.396 e. The van der Waals surface area contributed by atoms with E-state index >= 15 is 0 Å². The van der Waals surface area contributed by atoms with Crippen LogP contribution in [0.4, 0.5) is 0 Å². The number of carbonyl (C=O) groups is 2. The minimum absolute atomic E-state index is 0.0471. The molecule has 1 N–H and O–H groups in total. The number of hydrogen-bond donors (Lipinski definition) is 1. The first-order valence-corrected chi connectivity index (χ1v) is 9.47. The maximum absolute atomic E-state index is 13.1. The number of amides is 2. The summed E-state index contributed by atoms with van der Waals surface area (Å²) in [7, 11) is 0. The van der Waals surface area contributed by atoms with Crippen LogP contribution in [0.2, 0.25) is 0 Å². The lowest BCUT2D eigenvalue weighted by molar-refractivity contribution is -0.137. The molecule has 0 saturated carbocycles. The molecule has 1 aliphatic rings. The van der Waals surface area contributed by atoms with Crippen molar-refractivity contribution in [2.45, 2.75) is 20.4 Å². The van der Waals surface area contributed by atoms with E-state index in [4.69, 9.17) is 0 Å². The third-order valence-corrected chi connectivity index (χ3v) is 5.35. The van der Waals surface area contributed by atoms with Crippen LogP contribution in [-0.4, -0.2) is 34.2 Å². The molecular weight excluding hydrogens is 346 g/mol. The molecule has 1 heterocycles. The van der Waals surface area contributed by atoms with Gasteiger partial charge in [0.2, 0.25) is 0 Å². The van der Waals surface area contributed by atoms with Gasteiger partial charge in [0.25, 0.3) is 11.8 Å². The van der Waals surface area contributed by atoms with Gasteiger partial charge in [-0.2, -0.15) is 0 Å². The van der Waals surface area contributed by atoms with Crippen molar-refractivity contribution in [1.82, 2.24) is 4.90 Å². The van der Waals surface area contributed by atoms with Crippen LogP contribution in [0.15, 0.2) is 53.4 Å². The average molecular weight is 367 g/mol. The average Bonchev–Trinajstić information content (AvgIpc) is 2.85. The maximum atomic E-state index is 13.1. The molecule has 0 aliphatic carbocycles. The van der Waals surface area contributed by atoms with Gasteiger partial charge in [-0.25, -0.2) is 0 Å². The Balaban J connectivity index is 2.01. The summed E-state index contributed by atoms with van der Waals surface area (Å²) in [5.41, 5.74) is 4.20. The Morgan fingerprint density at radius 1 is 1.00 bits per heavy atom. The predicted octanol–water partition coefficient (Wildman–Crippen LogP) is 3.31. The van der Waals surface area contributed by atoms with Crippen LogP contribution >= 0.6 is 11.8 Å². The summed E-state index contributed by atoms with van der Waals surface area (Å²) in [6.07, 6.45) is 0. The fourth-order valence-electron chi connectivity index (χ4n) is 3.08. The van der Waals surface area contributed by atoms with E-state index in [1.807, 2.05) is 62.4 Å². The van der Waals surface area contributed by atoms with Gasteiger partial charge in [0.15, 0.2) is 0 Å². The van der Waals surface area contributed by atoms with Crippen molar-refractivity contribution in [3.05, 3.63) is 75.7 Å². The molecule has 2 amide bonds. The molecule has 4 nitrogen and oxygen atoms in total. The molecule has 2 aromatic carbocycles. The highest BCUT2D eigenvalue weighted by Gasteiger charge is 2.39. The van der Waals surface area contributed by atoms with Crippen LogP contribution in [-0.2, 0) is 16.1 Å². The van der Waals surface area contributed by atoms with Crippen LogP contribution in [0, 0.1) is 13.8 Å². The van der Waals surface area contributed by atoms with E-state index in [0.29, 0.717) is 16.2 Å². The normalized spacial score (nSPS) is 14.5. The standard InChI is InChI=1S/C21H21NO3S/c1-14-8-9-17(15(2)12-14)18-19(26-11-10-23)21(25)22(20(18)24)13-16-6-4-3-5-7-16/h3-9,12,23H,10-11,13H2,1-2H3. The monoisotopic (exact) mass is 367 g/mol. The molecule has 3 rings (SSSR count). The number of carbonyl (C=O) groups excluding carboxylic acids is 2. The van der Waals surface area contributed by atoms with Gasteiger partial charge in [0.1, 0.15) is 0 Å². The van der Waals surface area contributed by atoms with Crippen molar-refractivity contribution in [1.29, 1.82) is 0 Å². The van der Waals surface area contributed by atoms with Crippen molar-refractivity contribution in [3.63, 3.8) is 0 Å². The first-order valence-electron chi connectivity index (χ1n) is 8.48. The second kappa shape index (κ2) is 7.89. The van der Waals surface area contributed by atoms with E-state index in [1.54, 1.807) is 0 Å². The summed E-state index contributed by atoms with van der Waals surface area (Å²) in [5, 5.41) is 9.17. The van der Waals surface area contributed by atoms with E-state index in [1.165, 1.54) is 16.7 Å². The van der Waals surface area contributed by atoms with E-state index in [-0.39, 0.29) is 25.0 Å². The van der Waals surface area contributed by atoms with Gasteiger partial charge in [-0.05, 0) is 30.5 Å². The van der Waals surface area contributed by atoms with E-state index < -0.39 is 0 Å². The van der Waals surface area contributed by atoms with Crippen molar-refractivity contribution < 1.29 is 14.7 Å². The predicted molar refractivity (Wildman–Crippen MR) is 104 cm³/mol. The highest BCUT2D eigenvalue weighted by molar-refractivity contribution is 8.04. The number of hydrogen-bond acceptors (Lipinski definition) is 4. The third-order valence-electron chi connectivity index (χ3n) is 4.30. The molecular formula is C21H21NO3S. The molecule has 26 heavy (non-hydrogen) atoms. The minimum atomic E-state index is -0.285. The molecule has 134 valence electrons. The Kier molecular flexibility index (Phi) is 5.59. The minimum Gasteiger partial charge on any atom is -0.396 e. The van der Waals surface area contributed by atoms with Gasteiger partial charge in [-0.15, -0.1) is 11.8 Å². The van der Waals surface area contributed by atoms with Crippen LogP contribution in [0.25, 0.3) is 5.57 Å². The Hall–Kier alpha value is -2.37. The van der Waals surface area contributed by atoms with Crippen molar-refractivity contribution in [2.75, 3.05) is 12.4 Å². The number of benzene rings is 2. The lowest BCUT2D eigenvalue weighted by Gasteiger charge is -2.15. The molecule has 0 bridgehead atoms. The summed E-state index contributed by atoms with van der Waals surface area (Å²) < 4.78 is 0. The molecule has 1 aliphatic heterocycles. The zero-order valence-electron chi connectivity index (χ0n) is 14.9. The molecule has 0 spiro atoms.